The van der Waals surface area contributed by atoms with Crippen LogP contribution < -0.4 is 0 Å². The van der Waals surface area contributed by atoms with Crippen LogP contribution in [-0.2, 0) is 5.41 Å². The minimum absolute atomic E-state index is 0.119. The van der Waals surface area contributed by atoms with Crippen LogP contribution in [0.4, 0.5) is 0 Å². The monoisotopic (exact) mass is 452 g/mol. The lowest BCUT2D eigenvalue weighted by atomic mass is 9.78. The number of phenols is 2. The molecule has 2 N–H and O–H groups in total. The zero-order valence-electron chi connectivity index (χ0n) is 11.2. The SMILES string of the molecule is CC(C)(c1cc(Cl)c(O)c(Cl)c1)c1cc(Br)c(O)c(Br)c1. The van der Waals surface area contributed by atoms with Gasteiger partial charge < -0.3 is 10.2 Å². The Kier molecular flexibility index (Phi) is 4.84. The highest BCUT2D eigenvalue weighted by Gasteiger charge is 2.26. The van der Waals surface area contributed by atoms with Crippen LogP contribution in [0.25, 0.3) is 0 Å². The molecule has 0 spiro atoms. The number of hydrogen-bond acceptors (Lipinski definition) is 2. The Morgan fingerprint density at radius 2 is 1.19 bits per heavy atom. The van der Waals surface area contributed by atoms with Gasteiger partial charge in [-0.3, -0.25) is 0 Å². The third-order valence-electron chi connectivity index (χ3n) is 3.48. The average Bonchev–Trinajstić information content (AvgIpc) is 2.40. The molecule has 0 aliphatic carbocycles. The van der Waals surface area contributed by atoms with Crippen molar-refractivity contribution in [2.24, 2.45) is 0 Å². The number of rotatable bonds is 2. The van der Waals surface area contributed by atoms with E-state index in [0.29, 0.717) is 8.95 Å². The maximum absolute atomic E-state index is 9.82. The van der Waals surface area contributed by atoms with E-state index < -0.39 is 5.41 Å². The summed E-state index contributed by atoms with van der Waals surface area (Å²) in [5.41, 5.74) is 1.40. The summed E-state index contributed by atoms with van der Waals surface area (Å²) < 4.78 is 1.19. The van der Waals surface area contributed by atoms with E-state index in [4.69, 9.17) is 23.2 Å². The maximum Gasteiger partial charge on any atom is 0.152 e. The predicted molar refractivity (Wildman–Crippen MR) is 93.8 cm³/mol. The summed E-state index contributed by atoms with van der Waals surface area (Å²) in [6, 6.07) is 7.07. The molecule has 0 saturated carbocycles. The molecule has 0 aliphatic heterocycles. The molecule has 6 heteroatoms. The van der Waals surface area contributed by atoms with Crippen LogP contribution in [0.3, 0.4) is 0 Å². The molecule has 112 valence electrons. The van der Waals surface area contributed by atoms with Gasteiger partial charge in [0.1, 0.15) is 5.75 Å². The van der Waals surface area contributed by atoms with Gasteiger partial charge >= 0.3 is 0 Å². The van der Waals surface area contributed by atoms with E-state index in [-0.39, 0.29) is 21.5 Å². The van der Waals surface area contributed by atoms with Gasteiger partial charge in [-0.2, -0.15) is 0 Å². The Bertz CT molecular complexity index is 609. The third-order valence-corrected chi connectivity index (χ3v) is 5.26. The Hall–Kier alpha value is -0.420. The first-order chi connectivity index (χ1) is 9.64. The van der Waals surface area contributed by atoms with Crippen LogP contribution in [0.2, 0.25) is 10.0 Å². The predicted octanol–water partition coefficient (Wildman–Crippen LogP) is 6.26. The van der Waals surface area contributed by atoms with Gasteiger partial charge in [0, 0.05) is 5.41 Å². The zero-order chi connectivity index (χ0) is 15.9. The van der Waals surface area contributed by atoms with Gasteiger partial charge in [-0.1, -0.05) is 37.0 Å². The molecule has 0 unspecified atom stereocenters. The Balaban J connectivity index is 2.61. The van der Waals surface area contributed by atoms with Crippen molar-refractivity contribution in [2.75, 3.05) is 0 Å². The lowest BCUT2D eigenvalue weighted by molar-refractivity contribution is 0.467. The van der Waals surface area contributed by atoms with Crippen LogP contribution in [0.5, 0.6) is 11.5 Å². The van der Waals surface area contributed by atoms with Gasteiger partial charge in [-0.25, -0.2) is 0 Å². The minimum Gasteiger partial charge on any atom is -0.506 e. The van der Waals surface area contributed by atoms with E-state index in [1.54, 1.807) is 12.1 Å². The molecule has 0 atom stereocenters. The highest BCUT2D eigenvalue weighted by Crippen LogP contribution is 2.43. The van der Waals surface area contributed by atoms with Gasteiger partial charge in [0.05, 0.1) is 19.0 Å². The molecule has 0 fully saturated rings. The number of phenolic OH excluding ortho intramolecular Hbond substituents is 2. The second-order valence-electron chi connectivity index (χ2n) is 5.20. The Morgan fingerprint density at radius 3 is 1.62 bits per heavy atom. The molecule has 0 aromatic heterocycles. The van der Waals surface area contributed by atoms with Gasteiger partial charge in [0.2, 0.25) is 0 Å². The molecule has 2 aromatic carbocycles. The molecule has 2 aromatic rings. The lowest BCUT2D eigenvalue weighted by Gasteiger charge is -2.27. The molecule has 0 saturated heterocycles. The van der Waals surface area contributed by atoms with Crippen LogP contribution in [0.1, 0.15) is 25.0 Å². The second-order valence-corrected chi connectivity index (χ2v) is 7.73. The van der Waals surface area contributed by atoms with Crippen molar-refractivity contribution in [3.05, 3.63) is 54.4 Å². The third kappa shape index (κ3) is 3.19. The largest absolute Gasteiger partial charge is 0.506 e. The van der Waals surface area contributed by atoms with Crippen molar-refractivity contribution in [1.29, 1.82) is 0 Å². The maximum atomic E-state index is 9.82. The van der Waals surface area contributed by atoms with Crippen molar-refractivity contribution < 1.29 is 10.2 Å². The molecular weight excluding hydrogens is 443 g/mol. The topological polar surface area (TPSA) is 40.5 Å². The van der Waals surface area contributed by atoms with E-state index in [2.05, 4.69) is 31.9 Å². The van der Waals surface area contributed by atoms with Crippen molar-refractivity contribution in [2.45, 2.75) is 19.3 Å². The summed E-state index contributed by atoms with van der Waals surface area (Å²) >= 11 is 18.7. The lowest BCUT2D eigenvalue weighted by Crippen LogP contribution is -2.19. The number of halogens is 4. The summed E-state index contributed by atoms with van der Waals surface area (Å²) in [5, 5.41) is 19.9. The average molecular weight is 455 g/mol. The number of hydrogen-bond donors (Lipinski definition) is 2. The first kappa shape index (κ1) is 16.9. The Labute approximate surface area is 150 Å². The fourth-order valence-corrected chi connectivity index (χ4v) is 3.69. The normalized spacial score (nSPS) is 11.7. The molecule has 2 rings (SSSR count). The molecule has 2 nitrogen and oxygen atoms in total. The van der Waals surface area contributed by atoms with Crippen molar-refractivity contribution in [3.8, 4) is 11.5 Å². The van der Waals surface area contributed by atoms with Crippen molar-refractivity contribution in [3.63, 3.8) is 0 Å². The minimum atomic E-state index is -0.417. The standard InChI is InChI=1S/C15H12Br2Cl2O2/c1-15(2,7-3-9(16)13(20)10(17)4-7)8-5-11(18)14(21)12(19)6-8/h3-6,20-21H,1-2H3. The fraction of sp³-hybridized carbons (Fsp3) is 0.200. The molecular formula is C15H12Br2Cl2O2. The van der Waals surface area contributed by atoms with E-state index in [0.717, 1.165) is 11.1 Å². The second kappa shape index (κ2) is 5.99. The summed E-state index contributed by atoms with van der Waals surface area (Å²) in [5.74, 6) is 0.0299. The van der Waals surface area contributed by atoms with Crippen LogP contribution in [-0.4, -0.2) is 10.2 Å². The molecule has 0 aliphatic rings. The summed E-state index contributed by atoms with van der Waals surface area (Å²) in [6.07, 6.45) is 0. The number of benzene rings is 2. The summed E-state index contributed by atoms with van der Waals surface area (Å²) in [7, 11) is 0. The van der Waals surface area contributed by atoms with Gasteiger partial charge in [-0.15, -0.1) is 0 Å². The Morgan fingerprint density at radius 1 is 0.810 bits per heavy atom. The summed E-state index contributed by atoms with van der Waals surface area (Å²) in [4.78, 5) is 0. The van der Waals surface area contributed by atoms with Crippen LogP contribution >= 0.6 is 55.1 Å². The zero-order valence-corrected chi connectivity index (χ0v) is 15.9. The summed E-state index contributed by atoms with van der Waals surface area (Å²) in [6.45, 7) is 4.02. The van der Waals surface area contributed by atoms with E-state index in [9.17, 15) is 10.2 Å². The van der Waals surface area contributed by atoms with Crippen LogP contribution in [0.15, 0.2) is 33.2 Å². The molecule has 0 bridgehead atoms. The quantitative estimate of drug-likeness (QED) is 0.562. The molecule has 0 heterocycles. The first-order valence-corrected chi connectivity index (χ1v) is 8.35. The van der Waals surface area contributed by atoms with Gasteiger partial charge in [-0.05, 0) is 67.3 Å². The van der Waals surface area contributed by atoms with E-state index in [1.807, 2.05) is 26.0 Å². The molecule has 0 radical (unpaired) electrons. The smallest absolute Gasteiger partial charge is 0.152 e. The van der Waals surface area contributed by atoms with Crippen molar-refractivity contribution >= 4 is 55.1 Å². The van der Waals surface area contributed by atoms with Gasteiger partial charge in [0.25, 0.3) is 0 Å². The highest BCUT2D eigenvalue weighted by molar-refractivity contribution is 9.11. The van der Waals surface area contributed by atoms with Crippen molar-refractivity contribution in [1.82, 2.24) is 0 Å². The van der Waals surface area contributed by atoms with E-state index >= 15 is 0 Å². The van der Waals surface area contributed by atoms with E-state index in [1.165, 1.54) is 0 Å². The molecule has 21 heavy (non-hydrogen) atoms. The first-order valence-electron chi connectivity index (χ1n) is 6.01. The van der Waals surface area contributed by atoms with Gasteiger partial charge in [0.15, 0.2) is 5.75 Å². The van der Waals surface area contributed by atoms with Crippen LogP contribution in [0, 0.1) is 0 Å². The molecule has 0 amide bonds. The fourth-order valence-electron chi connectivity index (χ4n) is 2.02. The number of aromatic hydroxyl groups is 2. The highest BCUT2D eigenvalue weighted by atomic mass is 79.9.